The Morgan fingerprint density at radius 3 is 2.94 bits per heavy atom. The molecule has 0 saturated heterocycles. The zero-order valence-electron chi connectivity index (χ0n) is 8.39. The molecule has 7 heteroatoms. The zero-order chi connectivity index (χ0) is 12.3. The lowest BCUT2D eigenvalue weighted by atomic mass is 10.3. The molecule has 0 bridgehead atoms. The first-order valence-corrected chi connectivity index (χ1v) is 5.73. The van der Waals surface area contributed by atoms with Crippen LogP contribution in [0, 0.1) is 5.82 Å². The molecule has 0 saturated carbocycles. The summed E-state index contributed by atoms with van der Waals surface area (Å²) in [5, 5.41) is 9.28. The van der Waals surface area contributed by atoms with Gasteiger partial charge in [-0.2, -0.15) is 0 Å². The fourth-order valence-corrected chi connectivity index (χ4v) is 1.95. The topological polar surface area (TPSA) is 58.0 Å². The average Bonchev–Trinajstić information content (AvgIpc) is 2.33. The SMILES string of the molecule is Oc1cc(F)c(SNc2ccncn2)cc1Cl. The molecule has 2 rings (SSSR count). The predicted octanol–water partition coefficient (Wildman–Crippen LogP) is 3.09. The van der Waals surface area contributed by atoms with Crippen LogP contribution in [0.3, 0.4) is 0 Å². The van der Waals surface area contributed by atoms with Gasteiger partial charge in [0, 0.05) is 12.3 Å². The monoisotopic (exact) mass is 271 g/mol. The number of nitrogens with one attached hydrogen (secondary N) is 1. The van der Waals surface area contributed by atoms with Crippen LogP contribution in [0.4, 0.5) is 10.2 Å². The molecule has 88 valence electrons. The Balaban J connectivity index is 2.12. The third-order valence-corrected chi connectivity index (χ3v) is 3.00. The van der Waals surface area contributed by atoms with Crippen molar-refractivity contribution >= 4 is 29.4 Å². The summed E-state index contributed by atoms with van der Waals surface area (Å²) in [6.45, 7) is 0. The van der Waals surface area contributed by atoms with Gasteiger partial charge < -0.3 is 9.83 Å². The van der Waals surface area contributed by atoms with E-state index in [2.05, 4.69) is 14.7 Å². The lowest BCUT2D eigenvalue weighted by Crippen LogP contribution is -1.92. The van der Waals surface area contributed by atoms with Crippen LogP contribution >= 0.6 is 23.5 Å². The normalized spacial score (nSPS) is 10.2. The van der Waals surface area contributed by atoms with Gasteiger partial charge >= 0.3 is 0 Å². The summed E-state index contributed by atoms with van der Waals surface area (Å²) in [5.74, 6) is -0.289. The highest BCUT2D eigenvalue weighted by Crippen LogP contribution is 2.31. The van der Waals surface area contributed by atoms with Crippen LogP contribution in [-0.4, -0.2) is 15.1 Å². The fourth-order valence-electron chi connectivity index (χ4n) is 1.05. The first kappa shape index (κ1) is 11.9. The van der Waals surface area contributed by atoms with Crippen LogP contribution < -0.4 is 4.72 Å². The molecule has 0 aliphatic heterocycles. The van der Waals surface area contributed by atoms with Crippen LogP contribution in [0.2, 0.25) is 5.02 Å². The molecule has 17 heavy (non-hydrogen) atoms. The summed E-state index contributed by atoms with van der Waals surface area (Å²) >= 11 is 6.70. The van der Waals surface area contributed by atoms with Crippen molar-refractivity contribution in [3.05, 3.63) is 41.6 Å². The molecular weight excluding hydrogens is 265 g/mol. The number of phenolic OH excluding ortho intramolecular Hbond substituents is 1. The van der Waals surface area contributed by atoms with Crippen molar-refractivity contribution in [2.24, 2.45) is 0 Å². The van der Waals surface area contributed by atoms with Gasteiger partial charge in [0.15, 0.2) is 0 Å². The quantitative estimate of drug-likeness (QED) is 0.840. The van der Waals surface area contributed by atoms with E-state index in [0.717, 1.165) is 18.0 Å². The number of benzene rings is 1. The Bertz CT molecular complexity index is 526. The van der Waals surface area contributed by atoms with Gasteiger partial charge in [-0.3, -0.25) is 0 Å². The van der Waals surface area contributed by atoms with E-state index in [0.29, 0.717) is 5.82 Å². The molecule has 0 unspecified atom stereocenters. The van der Waals surface area contributed by atoms with Crippen LogP contribution in [0.25, 0.3) is 0 Å². The molecule has 2 aromatic rings. The van der Waals surface area contributed by atoms with Gasteiger partial charge in [0.1, 0.15) is 23.7 Å². The highest BCUT2D eigenvalue weighted by atomic mass is 35.5. The van der Waals surface area contributed by atoms with E-state index in [-0.39, 0.29) is 15.7 Å². The minimum atomic E-state index is -0.557. The van der Waals surface area contributed by atoms with Crippen LogP contribution in [0.15, 0.2) is 35.6 Å². The summed E-state index contributed by atoms with van der Waals surface area (Å²) in [4.78, 5) is 7.94. The number of aromatic nitrogens is 2. The van der Waals surface area contributed by atoms with Crippen molar-refractivity contribution in [3.8, 4) is 5.75 Å². The van der Waals surface area contributed by atoms with Crippen molar-refractivity contribution in [1.29, 1.82) is 0 Å². The molecular formula is C10H7ClFN3OS. The summed E-state index contributed by atoms with van der Waals surface area (Å²) in [7, 11) is 0. The Labute approximate surface area is 106 Å². The van der Waals surface area contributed by atoms with Crippen molar-refractivity contribution in [1.82, 2.24) is 9.97 Å². The first-order valence-electron chi connectivity index (χ1n) is 4.53. The van der Waals surface area contributed by atoms with Gasteiger partial charge in [0.2, 0.25) is 0 Å². The number of aromatic hydroxyl groups is 1. The molecule has 0 atom stereocenters. The molecule has 4 nitrogen and oxygen atoms in total. The third kappa shape index (κ3) is 2.98. The molecule has 0 aliphatic carbocycles. The Morgan fingerprint density at radius 1 is 1.41 bits per heavy atom. The maximum absolute atomic E-state index is 13.4. The lowest BCUT2D eigenvalue weighted by molar-refractivity contribution is 0.467. The number of rotatable bonds is 3. The largest absolute Gasteiger partial charge is 0.506 e. The molecule has 1 aromatic heterocycles. The van der Waals surface area contributed by atoms with E-state index in [4.69, 9.17) is 11.6 Å². The minimum Gasteiger partial charge on any atom is -0.506 e. The van der Waals surface area contributed by atoms with Crippen molar-refractivity contribution < 1.29 is 9.50 Å². The fraction of sp³-hybridized carbons (Fsp3) is 0. The van der Waals surface area contributed by atoms with E-state index >= 15 is 0 Å². The van der Waals surface area contributed by atoms with E-state index in [1.807, 2.05) is 0 Å². The predicted molar refractivity (Wildman–Crippen MR) is 64.6 cm³/mol. The number of phenols is 1. The lowest BCUT2D eigenvalue weighted by Gasteiger charge is -2.06. The molecule has 1 heterocycles. The smallest absolute Gasteiger partial charge is 0.142 e. The zero-order valence-corrected chi connectivity index (χ0v) is 9.96. The van der Waals surface area contributed by atoms with Crippen LogP contribution in [0.5, 0.6) is 5.75 Å². The molecule has 1 aromatic carbocycles. The number of hydrogen-bond acceptors (Lipinski definition) is 5. The van der Waals surface area contributed by atoms with E-state index in [1.165, 1.54) is 12.4 Å². The molecule has 0 aliphatic rings. The van der Waals surface area contributed by atoms with Crippen LogP contribution in [-0.2, 0) is 0 Å². The van der Waals surface area contributed by atoms with E-state index in [9.17, 15) is 9.50 Å². The van der Waals surface area contributed by atoms with Crippen molar-refractivity contribution in [2.45, 2.75) is 4.90 Å². The number of nitrogens with zero attached hydrogens (tertiary/aromatic N) is 2. The first-order chi connectivity index (χ1) is 8.16. The van der Waals surface area contributed by atoms with Crippen LogP contribution in [0.1, 0.15) is 0 Å². The highest BCUT2D eigenvalue weighted by Gasteiger charge is 2.08. The van der Waals surface area contributed by atoms with Crippen molar-refractivity contribution in [2.75, 3.05) is 4.72 Å². The maximum Gasteiger partial charge on any atom is 0.142 e. The number of halogens is 2. The van der Waals surface area contributed by atoms with Crippen molar-refractivity contribution in [3.63, 3.8) is 0 Å². The average molecular weight is 272 g/mol. The third-order valence-electron chi connectivity index (χ3n) is 1.85. The van der Waals surface area contributed by atoms with Gasteiger partial charge in [0.25, 0.3) is 0 Å². The van der Waals surface area contributed by atoms with Gasteiger partial charge in [-0.1, -0.05) is 11.6 Å². The van der Waals surface area contributed by atoms with E-state index < -0.39 is 5.82 Å². The second-order valence-electron chi connectivity index (χ2n) is 3.03. The second-order valence-corrected chi connectivity index (χ2v) is 4.29. The standard InChI is InChI=1S/C10H7ClFN3OS/c11-6-3-9(7(12)4-8(6)16)17-15-10-1-2-13-5-14-10/h1-5,16H,(H,13,14,15). The summed E-state index contributed by atoms with van der Waals surface area (Å²) in [6, 6.07) is 3.95. The van der Waals surface area contributed by atoms with Gasteiger partial charge in [-0.05, 0) is 24.1 Å². The Hall–Kier alpha value is -1.53. The Kier molecular flexibility index (Phi) is 3.65. The molecule has 0 spiro atoms. The molecule has 0 fully saturated rings. The number of anilines is 1. The Morgan fingerprint density at radius 2 is 2.24 bits per heavy atom. The molecule has 0 radical (unpaired) electrons. The minimum absolute atomic E-state index is 0.0957. The molecule has 2 N–H and O–H groups in total. The van der Waals surface area contributed by atoms with E-state index in [1.54, 1.807) is 12.3 Å². The maximum atomic E-state index is 13.4. The summed E-state index contributed by atoms with van der Waals surface area (Å²) < 4.78 is 16.3. The van der Waals surface area contributed by atoms with Gasteiger partial charge in [-0.15, -0.1) is 0 Å². The summed E-state index contributed by atoms with van der Waals surface area (Å²) in [5.41, 5.74) is 0. The summed E-state index contributed by atoms with van der Waals surface area (Å²) in [6.07, 6.45) is 2.94. The highest BCUT2D eigenvalue weighted by molar-refractivity contribution is 8.00. The number of hydrogen-bond donors (Lipinski definition) is 2. The molecule has 0 amide bonds. The van der Waals surface area contributed by atoms with Gasteiger partial charge in [0.05, 0.1) is 9.92 Å². The second kappa shape index (κ2) is 5.20. The van der Waals surface area contributed by atoms with Gasteiger partial charge in [-0.25, -0.2) is 14.4 Å².